The first-order chi connectivity index (χ1) is 18.6. The van der Waals surface area contributed by atoms with Gasteiger partial charge in [-0.1, -0.05) is 45.1 Å². The normalized spacial score (nSPS) is 18.2. The summed E-state index contributed by atoms with van der Waals surface area (Å²) >= 11 is 0. The zero-order chi connectivity index (χ0) is 30.0. The van der Waals surface area contributed by atoms with Gasteiger partial charge >= 0.3 is 7.82 Å². The van der Waals surface area contributed by atoms with Gasteiger partial charge in [-0.25, -0.2) is 18.3 Å². The van der Waals surface area contributed by atoms with Crippen molar-refractivity contribution in [1.29, 1.82) is 0 Å². The molecule has 0 fully saturated rings. The molecule has 2 rings (SSSR count). The van der Waals surface area contributed by atoms with Crippen LogP contribution in [0.3, 0.4) is 0 Å². The Bertz CT molecular complexity index is 985. The van der Waals surface area contributed by atoms with Crippen molar-refractivity contribution in [3.8, 4) is 5.75 Å². The van der Waals surface area contributed by atoms with E-state index in [1.807, 2.05) is 0 Å². The molecule has 1 atom stereocenters. The predicted octanol–water partition coefficient (Wildman–Crippen LogP) is 9.24. The highest BCUT2D eigenvalue weighted by atomic mass is 31.2. The first kappa shape index (κ1) is 34.7. The average Bonchev–Trinajstić information content (AvgIpc) is 3.20. The maximum absolute atomic E-state index is 13.9. The van der Waals surface area contributed by atoms with Crippen LogP contribution in [0.15, 0.2) is 23.2 Å². The molecule has 0 aromatic heterocycles. The Morgan fingerprint density at radius 3 is 2.20 bits per heavy atom. The minimum Gasteiger partial charge on any atom is -0.493 e. The molecule has 230 valence electrons. The molecule has 1 aromatic carbocycles. The third-order valence-electron chi connectivity index (χ3n) is 6.15. The number of aryl methyl sites for hydroxylation is 1. The highest BCUT2D eigenvalue weighted by Crippen LogP contribution is 2.56. The second-order valence-electron chi connectivity index (χ2n) is 12.6. The molecule has 10 heteroatoms. The average molecular weight is 590 g/mol. The number of aliphatic imine (C=N–C) groups is 1. The highest BCUT2D eigenvalue weighted by molar-refractivity contribution is 7.48. The second kappa shape index (κ2) is 15.1. The van der Waals surface area contributed by atoms with Gasteiger partial charge in [-0.2, -0.15) is 0 Å². The maximum Gasteiger partial charge on any atom is 0.475 e. The van der Waals surface area contributed by atoms with E-state index in [9.17, 15) is 13.3 Å². The minimum absolute atomic E-state index is 0.0745. The lowest BCUT2D eigenvalue weighted by Gasteiger charge is -2.33. The molecule has 1 aliphatic rings. The van der Waals surface area contributed by atoms with Gasteiger partial charge in [-0.3, -0.25) is 13.6 Å². The summed E-state index contributed by atoms with van der Waals surface area (Å²) in [6.07, 6.45) is 4.82. The molecule has 7 nitrogen and oxygen atoms in total. The molecule has 1 aromatic rings. The minimum atomic E-state index is -3.96. The van der Waals surface area contributed by atoms with E-state index >= 15 is 0 Å². The van der Waals surface area contributed by atoms with Crippen LogP contribution >= 0.6 is 7.82 Å². The number of nitrogens with zero attached hydrogens (tertiary/aromatic N) is 1. The van der Waals surface area contributed by atoms with Crippen molar-refractivity contribution < 1.29 is 36.4 Å². The summed E-state index contributed by atoms with van der Waals surface area (Å²) in [5, 5.41) is 0. The third-order valence-corrected chi connectivity index (χ3v) is 8.14. The summed E-state index contributed by atoms with van der Waals surface area (Å²) in [6.45, 7) is 15.1. The van der Waals surface area contributed by atoms with Crippen LogP contribution in [0.5, 0.6) is 5.75 Å². The van der Waals surface area contributed by atoms with Crippen molar-refractivity contribution in [1.82, 2.24) is 0 Å². The molecule has 0 N–H and O–H groups in total. The van der Waals surface area contributed by atoms with E-state index in [-0.39, 0.29) is 24.5 Å². The molecule has 40 heavy (non-hydrogen) atoms. The van der Waals surface area contributed by atoms with E-state index < -0.39 is 31.0 Å². The van der Waals surface area contributed by atoms with Gasteiger partial charge in [0.15, 0.2) is 5.90 Å². The number of phosphoric ester groups is 1. The molecule has 1 unspecified atom stereocenters. The zero-order valence-electron chi connectivity index (χ0n) is 25.7. The number of phosphoric acid groups is 1. The van der Waals surface area contributed by atoms with Crippen LogP contribution in [-0.4, -0.2) is 42.5 Å². The van der Waals surface area contributed by atoms with Gasteiger partial charge in [-0.15, -0.1) is 0 Å². The SMILES string of the molecule is CCCCCCCCOc1ccc(CCC2(COP(=O)(OC(C)(C)C)OC(C)(C)C)COC(C)=N2)cc1C(F)F. The van der Waals surface area contributed by atoms with Crippen molar-refractivity contribution >= 4 is 13.7 Å². The lowest BCUT2D eigenvalue weighted by Crippen LogP contribution is -2.36. The Kier molecular flexibility index (Phi) is 13.1. The number of halogens is 2. The number of unbranched alkanes of at least 4 members (excludes halogenated alkanes) is 5. The second-order valence-corrected chi connectivity index (χ2v) is 14.1. The lowest BCUT2D eigenvalue weighted by atomic mass is 9.93. The van der Waals surface area contributed by atoms with Crippen LogP contribution in [0.25, 0.3) is 0 Å². The molecular formula is C30H50F2NO6P. The molecule has 0 spiro atoms. The van der Waals surface area contributed by atoms with Gasteiger partial charge < -0.3 is 9.47 Å². The smallest absolute Gasteiger partial charge is 0.475 e. The summed E-state index contributed by atoms with van der Waals surface area (Å²) in [7, 11) is -3.96. The Hall–Kier alpha value is -1.54. The summed E-state index contributed by atoms with van der Waals surface area (Å²) in [4.78, 5) is 4.65. The van der Waals surface area contributed by atoms with Crippen LogP contribution in [0.4, 0.5) is 8.78 Å². The number of alkyl halides is 2. The van der Waals surface area contributed by atoms with E-state index in [4.69, 9.17) is 23.0 Å². The standard InChI is InChI=1S/C30H50F2NO6P/c1-9-10-11-12-13-14-19-35-26-16-15-24(20-25(26)27(31)32)17-18-30(21-36-23(2)33-30)22-37-40(34,38-28(3,4)5)39-29(6,7)8/h15-16,20,27H,9-14,17-19,21-22H2,1-8H3. The maximum atomic E-state index is 13.9. The van der Waals surface area contributed by atoms with Gasteiger partial charge in [0.05, 0.1) is 30.0 Å². The predicted molar refractivity (Wildman–Crippen MR) is 156 cm³/mol. The van der Waals surface area contributed by atoms with E-state index in [0.29, 0.717) is 25.3 Å². The van der Waals surface area contributed by atoms with E-state index in [1.165, 1.54) is 25.3 Å². The molecule has 1 aliphatic heterocycles. The summed E-state index contributed by atoms with van der Waals surface area (Å²) in [5.74, 6) is 0.710. The Balaban J connectivity index is 2.09. The number of benzene rings is 1. The number of hydrogen-bond donors (Lipinski definition) is 0. The Labute approximate surface area is 240 Å². The lowest BCUT2D eigenvalue weighted by molar-refractivity contribution is -0.00467. The Morgan fingerprint density at radius 2 is 1.65 bits per heavy atom. The van der Waals surface area contributed by atoms with Gasteiger partial charge in [0.25, 0.3) is 6.43 Å². The van der Waals surface area contributed by atoms with Crippen LogP contribution in [-0.2, 0) is 29.3 Å². The topological polar surface area (TPSA) is 75.6 Å². The molecular weight excluding hydrogens is 539 g/mol. The molecule has 1 heterocycles. The van der Waals surface area contributed by atoms with Gasteiger partial charge in [0.2, 0.25) is 0 Å². The fraction of sp³-hybridized carbons (Fsp3) is 0.767. The zero-order valence-corrected chi connectivity index (χ0v) is 26.6. The molecule has 0 bridgehead atoms. The van der Waals surface area contributed by atoms with Crippen molar-refractivity contribution in [3.05, 3.63) is 29.3 Å². The van der Waals surface area contributed by atoms with Gasteiger partial charge in [-0.05, 0) is 78.5 Å². The Morgan fingerprint density at radius 1 is 1.02 bits per heavy atom. The fourth-order valence-corrected chi connectivity index (χ4v) is 6.23. The number of ether oxygens (including phenoxy) is 2. The quantitative estimate of drug-likeness (QED) is 0.133. The van der Waals surface area contributed by atoms with Crippen molar-refractivity contribution in [2.24, 2.45) is 4.99 Å². The summed E-state index contributed by atoms with van der Waals surface area (Å²) in [5.41, 5.74) is -1.80. The summed E-state index contributed by atoms with van der Waals surface area (Å²) in [6, 6.07) is 4.93. The first-order valence-electron chi connectivity index (χ1n) is 14.4. The molecule has 0 saturated carbocycles. The van der Waals surface area contributed by atoms with Crippen molar-refractivity contribution in [2.75, 3.05) is 19.8 Å². The number of hydrogen-bond acceptors (Lipinski definition) is 7. The van der Waals surface area contributed by atoms with Crippen LogP contribution < -0.4 is 4.74 Å². The molecule has 0 amide bonds. The monoisotopic (exact) mass is 589 g/mol. The van der Waals surface area contributed by atoms with Gasteiger partial charge in [0, 0.05) is 6.92 Å². The first-order valence-corrected chi connectivity index (χ1v) is 15.9. The van der Waals surface area contributed by atoms with Crippen LogP contribution in [0.1, 0.15) is 118 Å². The van der Waals surface area contributed by atoms with Gasteiger partial charge in [0.1, 0.15) is 17.9 Å². The van der Waals surface area contributed by atoms with Crippen molar-refractivity contribution in [3.63, 3.8) is 0 Å². The largest absolute Gasteiger partial charge is 0.493 e. The molecule has 0 aliphatic carbocycles. The highest BCUT2D eigenvalue weighted by Gasteiger charge is 2.43. The van der Waals surface area contributed by atoms with Crippen LogP contribution in [0, 0.1) is 0 Å². The molecule has 0 radical (unpaired) electrons. The fourth-order valence-electron chi connectivity index (χ4n) is 4.35. The van der Waals surface area contributed by atoms with E-state index in [0.717, 1.165) is 24.8 Å². The van der Waals surface area contributed by atoms with Crippen LogP contribution in [0.2, 0.25) is 0 Å². The van der Waals surface area contributed by atoms with E-state index in [2.05, 4.69) is 11.9 Å². The molecule has 0 saturated heterocycles. The third kappa shape index (κ3) is 12.5. The number of rotatable bonds is 17. The van der Waals surface area contributed by atoms with Crippen molar-refractivity contribution in [2.45, 2.75) is 130 Å². The summed E-state index contributed by atoms with van der Waals surface area (Å²) < 4.78 is 70.1. The van der Waals surface area contributed by atoms with E-state index in [1.54, 1.807) is 60.6 Å².